The Morgan fingerprint density at radius 1 is 1.55 bits per heavy atom. The summed E-state index contributed by atoms with van der Waals surface area (Å²) in [5, 5.41) is 8.94. The van der Waals surface area contributed by atoms with Crippen LogP contribution in [0.25, 0.3) is 0 Å². The van der Waals surface area contributed by atoms with Crippen molar-refractivity contribution in [3.05, 3.63) is 0 Å². The number of amidine groups is 1. The molecule has 6 heteroatoms. The van der Waals surface area contributed by atoms with E-state index in [2.05, 4.69) is 9.98 Å². The van der Waals surface area contributed by atoms with Gasteiger partial charge in [-0.05, 0) is 0 Å². The second-order valence-corrected chi connectivity index (χ2v) is 2.68. The summed E-state index contributed by atoms with van der Waals surface area (Å²) in [7, 11) is 1.59. The van der Waals surface area contributed by atoms with E-state index in [0.29, 0.717) is 10.9 Å². The molecule has 0 unspecified atom stereocenters. The first-order valence-electron chi connectivity index (χ1n) is 3.00. The molecule has 5 N–H and O–H groups in total. The van der Waals surface area contributed by atoms with Gasteiger partial charge in [0, 0.05) is 12.8 Å². The van der Waals surface area contributed by atoms with E-state index in [1.54, 1.807) is 7.05 Å². The molecule has 0 saturated carbocycles. The van der Waals surface area contributed by atoms with Gasteiger partial charge in [0.25, 0.3) is 0 Å². The molecule has 0 aliphatic rings. The molecule has 0 atom stereocenters. The predicted octanol–water partition coefficient (Wildman–Crippen LogP) is -1.03. The molecule has 0 amide bonds. The normalized spacial score (nSPS) is 11.3. The van der Waals surface area contributed by atoms with E-state index in [9.17, 15) is 0 Å². The van der Waals surface area contributed by atoms with Crippen LogP contribution >= 0.6 is 11.8 Å². The summed E-state index contributed by atoms with van der Waals surface area (Å²) < 4.78 is 0. The van der Waals surface area contributed by atoms with Gasteiger partial charge in [0.1, 0.15) is 0 Å². The van der Waals surface area contributed by atoms with Crippen molar-refractivity contribution in [2.45, 2.75) is 0 Å². The zero-order chi connectivity index (χ0) is 8.69. The Labute approximate surface area is 69.6 Å². The Bertz CT molecular complexity index is 164. The topological polar surface area (TPSA) is 97.0 Å². The van der Waals surface area contributed by atoms with Gasteiger partial charge in [-0.3, -0.25) is 4.99 Å². The lowest BCUT2D eigenvalue weighted by atomic mass is 10.9. The Morgan fingerprint density at radius 2 is 2.18 bits per heavy atom. The molecule has 0 saturated heterocycles. The summed E-state index contributed by atoms with van der Waals surface area (Å²) in [6.45, 7) is 0.0870. The molecule has 0 aromatic heterocycles. The van der Waals surface area contributed by atoms with Gasteiger partial charge in [0.2, 0.25) is 0 Å². The third-order valence-electron chi connectivity index (χ3n) is 0.738. The zero-order valence-electron chi connectivity index (χ0n) is 6.32. The highest BCUT2D eigenvalue weighted by atomic mass is 32.2. The van der Waals surface area contributed by atoms with Crippen molar-refractivity contribution in [2.75, 3.05) is 19.4 Å². The number of hydrogen-bond donors (Lipinski definition) is 3. The van der Waals surface area contributed by atoms with Gasteiger partial charge in [0.05, 0.1) is 6.61 Å². The minimum absolute atomic E-state index is 0.0176. The van der Waals surface area contributed by atoms with Gasteiger partial charge < -0.3 is 16.6 Å². The molecule has 11 heavy (non-hydrogen) atoms. The molecule has 0 bridgehead atoms. The highest BCUT2D eigenvalue weighted by molar-refractivity contribution is 8.13. The number of aliphatic hydroxyl groups is 1. The maximum absolute atomic E-state index is 8.46. The average molecular weight is 176 g/mol. The van der Waals surface area contributed by atoms with Gasteiger partial charge in [-0.15, -0.1) is 0 Å². The van der Waals surface area contributed by atoms with Gasteiger partial charge in [-0.2, -0.15) is 4.99 Å². The van der Waals surface area contributed by atoms with Crippen molar-refractivity contribution < 1.29 is 5.11 Å². The van der Waals surface area contributed by atoms with Crippen molar-refractivity contribution >= 4 is 22.9 Å². The summed E-state index contributed by atoms with van der Waals surface area (Å²) >= 11 is 1.30. The van der Waals surface area contributed by atoms with Crippen LogP contribution in [0.4, 0.5) is 0 Å². The molecule has 64 valence electrons. The van der Waals surface area contributed by atoms with Crippen molar-refractivity contribution in [2.24, 2.45) is 21.5 Å². The van der Waals surface area contributed by atoms with Crippen LogP contribution in [0.5, 0.6) is 0 Å². The summed E-state index contributed by atoms with van der Waals surface area (Å²) in [6, 6.07) is 0. The summed E-state index contributed by atoms with van der Waals surface area (Å²) in [5.74, 6) is 0.528. The number of thioether (sulfide) groups is 1. The summed E-state index contributed by atoms with van der Waals surface area (Å²) in [6.07, 6.45) is 0. The van der Waals surface area contributed by atoms with E-state index < -0.39 is 0 Å². The van der Waals surface area contributed by atoms with E-state index in [1.807, 2.05) is 0 Å². The van der Waals surface area contributed by atoms with Crippen molar-refractivity contribution in [3.63, 3.8) is 0 Å². The molecule has 0 aromatic carbocycles. The number of nitrogens with zero attached hydrogens (tertiary/aromatic N) is 2. The second kappa shape index (κ2) is 5.99. The number of guanidine groups is 1. The van der Waals surface area contributed by atoms with E-state index in [4.69, 9.17) is 16.6 Å². The first-order chi connectivity index (χ1) is 5.20. The third-order valence-corrected chi connectivity index (χ3v) is 1.66. The second-order valence-electron chi connectivity index (χ2n) is 1.61. The van der Waals surface area contributed by atoms with Gasteiger partial charge >= 0.3 is 0 Å². The monoisotopic (exact) mass is 176 g/mol. The quantitative estimate of drug-likeness (QED) is 0.370. The fourth-order valence-corrected chi connectivity index (χ4v) is 0.967. The SMILES string of the molecule is CN=C(N=C(N)N)SCCO. The average Bonchev–Trinajstić information content (AvgIpc) is 1.97. The van der Waals surface area contributed by atoms with Crippen LogP contribution in [0.2, 0.25) is 0 Å². The molecule has 0 fully saturated rings. The standard InChI is InChI=1S/C5H12N4OS/c1-8-5(9-4(6)7)11-3-2-10/h10H,2-3H2,1H3,(H4,6,7,8,9). The van der Waals surface area contributed by atoms with Crippen LogP contribution in [0.3, 0.4) is 0 Å². The van der Waals surface area contributed by atoms with E-state index in [-0.39, 0.29) is 12.6 Å². The summed E-state index contributed by atoms with van der Waals surface area (Å²) in [5.41, 5.74) is 10.2. The van der Waals surface area contributed by atoms with Crippen LogP contribution in [0.15, 0.2) is 9.98 Å². The minimum Gasteiger partial charge on any atom is -0.396 e. The third kappa shape index (κ3) is 5.68. The molecule has 0 aliphatic carbocycles. The smallest absolute Gasteiger partial charge is 0.193 e. The number of aliphatic imine (C=N–C) groups is 2. The van der Waals surface area contributed by atoms with Crippen LogP contribution in [-0.2, 0) is 0 Å². The van der Waals surface area contributed by atoms with E-state index in [1.165, 1.54) is 11.8 Å². The molecule has 0 radical (unpaired) electrons. The maximum Gasteiger partial charge on any atom is 0.193 e. The minimum atomic E-state index is -0.0176. The predicted molar refractivity (Wildman–Crippen MR) is 48.7 cm³/mol. The largest absolute Gasteiger partial charge is 0.396 e. The maximum atomic E-state index is 8.46. The van der Waals surface area contributed by atoms with Crippen LogP contribution < -0.4 is 11.5 Å². The lowest BCUT2D eigenvalue weighted by Gasteiger charge is -1.96. The number of rotatable bonds is 2. The van der Waals surface area contributed by atoms with Gasteiger partial charge in [-0.25, -0.2) is 0 Å². The molecule has 0 spiro atoms. The van der Waals surface area contributed by atoms with Crippen LogP contribution in [0.1, 0.15) is 0 Å². The van der Waals surface area contributed by atoms with Crippen molar-refractivity contribution in [1.29, 1.82) is 0 Å². The fourth-order valence-electron chi connectivity index (χ4n) is 0.394. The molecular weight excluding hydrogens is 164 g/mol. The first kappa shape index (κ1) is 10.2. The first-order valence-corrected chi connectivity index (χ1v) is 3.99. The lowest BCUT2D eigenvalue weighted by molar-refractivity contribution is 0.323. The Balaban J connectivity index is 3.89. The Hall–Kier alpha value is -0.750. The lowest BCUT2D eigenvalue weighted by Crippen LogP contribution is -2.23. The molecule has 0 aliphatic heterocycles. The van der Waals surface area contributed by atoms with E-state index >= 15 is 0 Å². The molecular formula is C5H12N4OS. The van der Waals surface area contributed by atoms with Gasteiger partial charge in [0.15, 0.2) is 11.1 Å². The van der Waals surface area contributed by atoms with Gasteiger partial charge in [-0.1, -0.05) is 11.8 Å². The number of hydrogen-bond acceptors (Lipinski definition) is 3. The zero-order valence-corrected chi connectivity index (χ0v) is 7.14. The highest BCUT2D eigenvalue weighted by Gasteiger charge is 1.95. The fraction of sp³-hybridized carbons (Fsp3) is 0.600. The molecule has 0 aromatic rings. The van der Waals surface area contributed by atoms with Crippen molar-refractivity contribution in [1.82, 2.24) is 0 Å². The van der Waals surface area contributed by atoms with Crippen LogP contribution in [0, 0.1) is 0 Å². The molecule has 5 nitrogen and oxygen atoms in total. The number of nitrogens with two attached hydrogens (primary N) is 2. The Morgan fingerprint density at radius 3 is 2.55 bits per heavy atom. The Kier molecular flexibility index (Phi) is 5.58. The molecule has 0 rings (SSSR count). The number of aliphatic hydroxyl groups excluding tert-OH is 1. The van der Waals surface area contributed by atoms with Crippen LogP contribution in [-0.4, -0.2) is 35.6 Å². The highest BCUT2D eigenvalue weighted by Crippen LogP contribution is 2.03. The van der Waals surface area contributed by atoms with Crippen molar-refractivity contribution in [3.8, 4) is 0 Å². The molecule has 0 heterocycles. The van der Waals surface area contributed by atoms with E-state index in [0.717, 1.165) is 0 Å². The summed E-state index contributed by atoms with van der Waals surface area (Å²) in [4.78, 5) is 7.49.